The van der Waals surface area contributed by atoms with Gasteiger partial charge in [-0.05, 0) is 24.1 Å². The van der Waals surface area contributed by atoms with Gasteiger partial charge in [0, 0.05) is 13.4 Å². The molecule has 0 aromatic heterocycles. The highest BCUT2D eigenvalue weighted by molar-refractivity contribution is 7.90. The van der Waals surface area contributed by atoms with Crippen molar-refractivity contribution in [2.24, 2.45) is 0 Å². The summed E-state index contributed by atoms with van der Waals surface area (Å²) in [4.78, 5) is 11.8. The molecule has 0 radical (unpaired) electrons. The molecule has 1 rings (SSSR count). The fourth-order valence-corrected chi connectivity index (χ4v) is 2.37. The molecule has 0 aliphatic rings. The van der Waals surface area contributed by atoms with Gasteiger partial charge in [-0.1, -0.05) is 19.1 Å². The minimum atomic E-state index is -3.19. The van der Waals surface area contributed by atoms with Crippen LogP contribution in [0.3, 0.4) is 0 Å². The second-order valence-corrected chi connectivity index (χ2v) is 6.32. The molecular weight excluding hydrogens is 266 g/mol. The Labute approximate surface area is 113 Å². The van der Waals surface area contributed by atoms with Crippen LogP contribution in [0.1, 0.15) is 24.9 Å². The number of benzene rings is 1. The Balaban J connectivity index is 2.85. The summed E-state index contributed by atoms with van der Waals surface area (Å²) in [5.74, 6) is -0.193. The van der Waals surface area contributed by atoms with E-state index in [0.29, 0.717) is 6.42 Å². The van der Waals surface area contributed by atoms with Crippen molar-refractivity contribution in [3.05, 3.63) is 29.8 Å². The van der Waals surface area contributed by atoms with Crippen molar-refractivity contribution in [2.45, 2.75) is 24.3 Å². The summed E-state index contributed by atoms with van der Waals surface area (Å²) in [5, 5.41) is 2.83. The predicted octanol–water partition coefficient (Wildman–Crippen LogP) is 1.30. The third kappa shape index (κ3) is 4.65. The van der Waals surface area contributed by atoms with Crippen LogP contribution in [0.2, 0.25) is 0 Å². The molecule has 19 heavy (non-hydrogen) atoms. The molecule has 0 spiro atoms. The maximum Gasteiger partial charge on any atom is 0.246 e. The summed E-state index contributed by atoms with van der Waals surface area (Å²) in [7, 11) is -1.73. The number of carbonyl (C=O) groups excluding carboxylic acids is 1. The van der Waals surface area contributed by atoms with E-state index in [1.165, 1.54) is 13.4 Å². The highest BCUT2D eigenvalue weighted by atomic mass is 32.2. The largest absolute Gasteiger partial charge is 0.375 e. The number of sulfone groups is 1. The molecule has 0 unspecified atom stereocenters. The van der Waals surface area contributed by atoms with Gasteiger partial charge in [-0.2, -0.15) is 0 Å². The number of hydrogen-bond donors (Lipinski definition) is 1. The first kappa shape index (κ1) is 15.7. The lowest BCUT2D eigenvalue weighted by Crippen LogP contribution is -2.31. The summed E-state index contributed by atoms with van der Waals surface area (Å²) in [6.45, 7) is 1.96. The number of methoxy groups -OCH3 is 1. The maximum absolute atomic E-state index is 11.5. The molecule has 1 amide bonds. The van der Waals surface area contributed by atoms with E-state index in [1.807, 2.05) is 6.92 Å². The molecule has 6 heteroatoms. The maximum atomic E-state index is 11.5. The molecule has 0 aliphatic carbocycles. The van der Waals surface area contributed by atoms with E-state index in [2.05, 4.69) is 5.32 Å². The van der Waals surface area contributed by atoms with Crippen LogP contribution >= 0.6 is 0 Å². The van der Waals surface area contributed by atoms with E-state index in [-0.39, 0.29) is 23.5 Å². The Morgan fingerprint density at radius 2 is 1.89 bits per heavy atom. The van der Waals surface area contributed by atoms with Gasteiger partial charge in [0.1, 0.15) is 6.61 Å². The van der Waals surface area contributed by atoms with Gasteiger partial charge in [0.2, 0.25) is 5.91 Å². The third-order valence-corrected chi connectivity index (χ3v) is 3.86. The molecule has 0 aliphatic heterocycles. The first-order valence-electron chi connectivity index (χ1n) is 5.96. The summed E-state index contributed by atoms with van der Waals surface area (Å²) >= 11 is 0. The SMILES string of the molecule is CC[C@@H](NC(=O)COC)c1ccc(S(C)(=O)=O)cc1. The van der Waals surface area contributed by atoms with E-state index in [1.54, 1.807) is 24.3 Å². The van der Waals surface area contributed by atoms with Gasteiger partial charge in [-0.3, -0.25) is 4.79 Å². The fraction of sp³-hybridized carbons (Fsp3) is 0.462. The van der Waals surface area contributed by atoms with Gasteiger partial charge in [-0.15, -0.1) is 0 Å². The lowest BCUT2D eigenvalue weighted by atomic mass is 10.0. The summed E-state index contributed by atoms with van der Waals surface area (Å²) in [6.07, 6.45) is 1.88. The molecule has 0 bridgehead atoms. The molecule has 0 heterocycles. The van der Waals surface area contributed by atoms with Crippen LogP contribution in [0.5, 0.6) is 0 Å². The van der Waals surface area contributed by atoms with E-state index in [4.69, 9.17) is 4.74 Å². The van der Waals surface area contributed by atoms with Crippen LogP contribution < -0.4 is 5.32 Å². The Hall–Kier alpha value is -1.40. The smallest absolute Gasteiger partial charge is 0.246 e. The number of hydrogen-bond acceptors (Lipinski definition) is 4. The van der Waals surface area contributed by atoms with Crippen molar-refractivity contribution in [2.75, 3.05) is 20.0 Å². The van der Waals surface area contributed by atoms with Crippen LogP contribution in [0.25, 0.3) is 0 Å². The molecule has 1 N–H and O–H groups in total. The summed E-state index contributed by atoms with van der Waals surface area (Å²) < 4.78 is 27.5. The first-order valence-corrected chi connectivity index (χ1v) is 7.86. The minimum absolute atomic E-state index is 0.0118. The average Bonchev–Trinajstić information content (AvgIpc) is 2.35. The second kappa shape index (κ2) is 6.68. The van der Waals surface area contributed by atoms with Gasteiger partial charge in [-0.25, -0.2) is 8.42 Å². The van der Waals surface area contributed by atoms with Crippen LogP contribution in [0.4, 0.5) is 0 Å². The monoisotopic (exact) mass is 285 g/mol. The topological polar surface area (TPSA) is 72.5 Å². The zero-order chi connectivity index (χ0) is 14.5. The van der Waals surface area contributed by atoms with Crippen molar-refractivity contribution in [1.29, 1.82) is 0 Å². The Morgan fingerprint density at radius 1 is 1.32 bits per heavy atom. The van der Waals surface area contributed by atoms with E-state index in [0.717, 1.165) is 5.56 Å². The molecule has 1 aromatic rings. The molecule has 0 saturated heterocycles. The van der Waals surface area contributed by atoms with Crippen LogP contribution in [-0.4, -0.2) is 34.3 Å². The van der Waals surface area contributed by atoms with Gasteiger partial charge in [0.15, 0.2) is 9.84 Å². The number of ether oxygens (including phenoxy) is 1. The highest BCUT2D eigenvalue weighted by Gasteiger charge is 2.13. The van der Waals surface area contributed by atoms with E-state index in [9.17, 15) is 13.2 Å². The standard InChI is InChI=1S/C13H19NO4S/c1-4-12(14-13(15)9-18-2)10-5-7-11(8-6-10)19(3,16)17/h5-8,12H,4,9H2,1-3H3,(H,14,15)/t12-/m1/s1. The first-order chi connectivity index (χ1) is 8.88. The van der Waals surface area contributed by atoms with Crippen LogP contribution in [0, 0.1) is 0 Å². The zero-order valence-electron chi connectivity index (χ0n) is 11.3. The Bertz CT molecular complexity index is 522. The quantitative estimate of drug-likeness (QED) is 0.855. The van der Waals surface area contributed by atoms with E-state index >= 15 is 0 Å². The van der Waals surface area contributed by atoms with Crippen molar-refractivity contribution in [1.82, 2.24) is 5.32 Å². The number of nitrogens with one attached hydrogen (secondary N) is 1. The molecule has 106 valence electrons. The van der Waals surface area contributed by atoms with Gasteiger partial charge in [0.05, 0.1) is 10.9 Å². The molecule has 1 atom stereocenters. The second-order valence-electron chi connectivity index (χ2n) is 4.30. The number of rotatable bonds is 6. The van der Waals surface area contributed by atoms with Crippen molar-refractivity contribution >= 4 is 15.7 Å². The summed E-state index contributed by atoms with van der Waals surface area (Å²) in [5.41, 5.74) is 0.874. The highest BCUT2D eigenvalue weighted by Crippen LogP contribution is 2.19. The molecule has 1 aromatic carbocycles. The van der Waals surface area contributed by atoms with Crippen molar-refractivity contribution < 1.29 is 17.9 Å². The molecule has 0 fully saturated rings. The van der Waals surface area contributed by atoms with Gasteiger partial charge < -0.3 is 10.1 Å². The lowest BCUT2D eigenvalue weighted by Gasteiger charge is -2.17. The minimum Gasteiger partial charge on any atom is -0.375 e. The molecular formula is C13H19NO4S. The molecule has 0 saturated carbocycles. The summed E-state index contributed by atoms with van der Waals surface area (Å²) in [6, 6.07) is 6.40. The number of amides is 1. The Kier molecular flexibility index (Phi) is 5.50. The normalized spacial score (nSPS) is 13.0. The van der Waals surface area contributed by atoms with Crippen molar-refractivity contribution in [3.8, 4) is 0 Å². The third-order valence-electron chi connectivity index (χ3n) is 2.73. The van der Waals surface area contributed by atoms with E-state index < -0.39 is 9.84 Å². The van der Waals surface area contributed by atoms with Crippen molar-refractivity contribution in [3.63, 3.8) is 0 Å². The average molecular weight is 285 g/mol. The predicted molar refractivity (Wildman–Crippen MR) is 72.6 cm³/mol. The fourth-order valence-electron chi connectivity index (χ4n) is 1.74. The van der Waals surface area contributed by atoms with Crippen LogP contribution in [0.15, 0.2) is 29.2 Å². The number of carbonyl (C=O) groups is 1. The van der Waals surface area contributed by atoms with Gasteiger partial charge in [0.25, 0.3) is 0 Å². The van der Waals surface area contributed by atoms with Crippen LogP contribution in [-0.2, 0) is 19.4 Å². The molecule has 5 nitrogen and oxygen atoms in total. The Morgan fingerprint density at radius 3 is 2.32 bits per heavy atom. The lowest BCUT2D eigenvalue weighted by molar-refractivity contribution is -0.125. The van der Waals surface area contributed by atoms with Gasteiger partial charge >= 0.3 is 0 Å². The zero-order valence-corrected chi connectivity index (χ0v) is 12.2.